The smallest absolute Gasteiger partial charge is 0.0724 e. The van der Waals surface area contributed by atoms with Gasteiger partial charge < -0.3 is 10.1 Å². The lowest BCUT2D eigenvalue weighted by atomic mass is 9.92. The quantitative estimate of drug-likeness (QED) is 0.871. The van der Waals surface area contributed by atoms with E-state index in [1.54, 1.807) is 0 Å². The molecule has 0 radical (unpaired) electrons. The van der Waals surface area contributed by atoms with Crippen LogP contribution in [0.5, 0.6) is 0 Å². The van der Waals surface area contributed by atoms with E-state index < -0.39 is 0 Å². The maximum absolute atomic E-state index is 5.67. The van der Waals surface area contributed by atoms with Gasteiger partial charge in [0.05, 0.1) is 6.10 Å². The van der Waals surface area contributed by atoms with Gasteiger partial charge in [0.2, 0.25) is 0 Å². The van der Waals surface area contributed by atoms with Gasteiger partial charge in [-0.15, -0.1) is 0 Å². The van der Waals surface area contributed by atoms with Crippen LogP contribution >= 0.6 is 0 Å². The van der Waals surface area contributed by atoms with Gasteiger partial charge in [-0.3, -0.25) is 4.90 Å². The van der Waals surface area contributed by atoms with Crippen molar-refractivity contribution in [2.75, 3.05) is 26.7 Å². The fourth-order valence-corrected chi connectivity index (χ4v) is 3.39. The van der Waals surface area contributed by atoms with Crippen molar-refractivity contribution >= 4 is 0 Å². The number of likely N-dealkylation sites (tertiary alicyclic amines) is 1. The van der Waals surface area contributed by atoms with Crippen molar-refractivity contribution in [2.24, 2.45) is 5.92 Å². The first-order chi connectivity index (χ1) is 10.2. The maximum atomic E-state index is 5.67. The van der Waals surface area contributed by atoms with E-state index in [-0.39, 0.29) is 0 Å². The highest BCUT2D eigenvalue weighted by Crippen LogP contribution is 2.26. The van der Waals surface area contributed by atoms with Crippen LogP contribution in [0.3, 0.4) is 0 Å². The minimum atomic E-state index is 0.360. The van der Waals surface area contributed by atoms with Crippen molar-refractivity contribution in [3.05, 3.63) is 35.9 Å². The summed E-state index contributed by atoms with van der Waals surface area (Å²) in [5.74, 6) is 0.660. The molecule has 2 rings (SSSR count). The summed E-state index contributed by atoms with van der Waals surface area (Å²) >= 11 is 0. The third-order valence-corrected chi connectivity index (χ3v) is 4.86. The van der Waals surface area contributed by atoms with Crippen molar-refractivity contribution in [1.29, 1.82) is 0 Å². The van der Waals surface area contributed by atoms with E-state index in [2.05, 4.69) is 61.3 Å². The first kappa shape index (κ1) is 16.5. The fraction of sp³-hybridized carbons (Fsp3) is 0.667. The zero-order chi connectivity index (χ0) is 15.2. The molecule has 3 nitrogen and oxygen atoms in total. The highest BCUT2D eigenvalue weighted by atomic mass is 16.5. The Morgan fingerprint density at radius 1 is 1.33 bits per heavy atom. The van der Waals surface area contributed by atoms with Gasteiger partial charge in [-0.2, -0.15) is 0 Å². The molecule has 0 spiro atoms. The van der Waals surface area contributed by atoms with Crippen LogP contribution < -0.4 is 5.32 Å². The zero-order valence-corrected chi connectivity index (χ0v) is 13.9. The average Bonchev–Trinajstić information content (AvgIpc) is 2.53. The Bertz CT molecular complexity index is 409. The first-order valence-corrected chi connectivity index (χ1v) is 8.22. The molecular formula is C18H30N2O. The lowest BCUT2D eigenvalue weighted by Gasteiger charge is -2.42. The molecular weight excluding hydrogens is 260 g/mol. The predicted molar refractivity (Wildman–Crippen MR) is 88.5 cm³/mol. The van der Waals surface area contributed by atoms with Crippen LogP contribution in [0.25, 0.3) is 0 Å². The van der Waals surface area contributed by atoms with Gasteiger partial charge in [-0.1, -0.05) is 44.2 Å². The fourth-order valence-electron chi connectivity index (χ4n) is 3.39. The Balaban J connectivity index is 2.09. The zero-order valence-electron chi connectivity index (χ0n) is 13.9. The summed E-state index contributed by atoms with van der Waals surface area (Å²) in [4.78, 5) is 2.58. The molecule has 1 fully saturated rings. The van der Waals surface area contributed by atoms with Crippen molar-refractivity contribution < 1.29 is 4.74 Å². The molecule has 1 saturated heterocycles. The Morgan fingerprint density at radius 3 is 2.67 bits per heavy atom. The second-order valence-electron chi connectivity index (χ2n) is 6.22. The number of nitrogens with one attached hydrogen (secondary N) is 1. The van der Waals surface area contributed by atoms with E-state index in [4.69, 9.17) is 4.74 Å². The number of benzene rings is 1. The Kier molecular flexibility index (Phi) is 6.22. The molecule has 1 aromatic rings. The van der Waals surface area contributed by atoms with Gasteiger partial charge in [-0.25, -0.2) is 0 Å². The highest BCUT2D eigenvalue weighted by Gasteiger charge is 2.32. The summed E-state index contributed by atoms with van der Waals surface area (Å²) in [6.45, 7) is 10.0. The van der Waals surface area contributed by atoms with Crippen LogP contribution in [0.2, 0.25) is 0 Å². The molecule has 1 aromatic carbocycles. The van der Waals surface area contributed by atoms with E-state index in [9.17, 15) is 0 Å². The molecule has 0 aromatic heterocycles. The van der Waals surface area contributed by atoms with Crippen LogP contribution in [0.1, 0.15) is 38.8 Å². The second kappa shape index (κ2) is 7.92. The summed E-state index contributed by atoms with van der Waals surface area (Å²) in [7, 11) is 1.84. The first-order valence-electron chi connectivity index (χ1n) is 8.22. The normalized spacial score (nSPS) is 26.5. The number of hydrogen-bond donors (Lipinski definition) is 1. The third kappa shape index (κ3) is 4.06. The molecule has 0 bridgehead atoms. The SMILES string of the molecule is CCNC(c1ccccc1)C(C)N1CCC(C)C(OC)C1. The summed E-state index contributed by atoms with van der Waals surface area (Å²) in [5.41, 5.74) is 1.37. The van der Waals surface area contributed by atoms with Gasteiger partial charge in [-0.05, 0) is 37.9 Å². The van der Waals surface area contributed by atoms with Gasteiger partial charge in [0.1, 0.15) is 0 Å². The van der Waals surface area contributed by atoms with Crippen molar-refractivity contribution in [2.45, 2.75) is 45.4 Å². The topological polar surface area (TPSA) is 24.5 Å². The number of piperidine rings is 1. The molecule has 4 atom stereocenters. The molecule has 0 saturated carbocycles. The minimum absolute atomic E-state index is 0.360. The molecule has 118 valence electrons. The highest BCUT2D eigenvalue weighted by molar-refractivity contribution is 5.20. The van der Waals surface area contributed by atoms with Crippen LogP contribution in [-0.4, -0.2) is 43.8 Å². The molecule has 1 aliphatic rings. The molecule has 1 N–H and O–H groups in total. The number of likely N-dealkylation sites (N-methyl/N-ethyl adjacent to an activating group) is 1. The lowest BCUT2D eigenvalue weighted by Crippen LogP contribution is -2.51. The molecule has 4 unspecified atom stereocenters. The van der Waals surface area contributed by atoms with Crippen molar-refractivity contribution in [3.8, 4) is 0 Å². The van der Waals surface area contributed by atoms with E-state index in [0.29, 0.717) is 24.1 Å². The van der Waals surface area contributed by atoms with Gasteiger partial charge in [0.15, 0.2) is 0 Å². The van der Waals surface area contributed by atoms with E-state index in [0.717, 1.165) is 19.6 Å². The summed E-state index contributed by atoms with van der Waals surface area (Å²) in [6, 6.07) is 11.6. The number of hydrogen-bond acceptors (Lipinski definition) is 3. The number of rotatable bonds is 6. The van der Waals surface area contributed by atoms with E-state index in [1.807, 2.05) is 7.11 Å². The monoisotopic (exact) mass is 290 g/mol. The third-order valence-electron chi connectivity index (χ3n) is 4.86. The number of methoxy groups -OCH3 is 1. The van der Waals surface area contributed by atoms with Gasteiger partial charge in [0.25, 0.3) is 0 Å². The Labute approximate surface area is 129 Å². The molecule has 0 aliphatic carbocycles. The molecule has 1 heterocycles. The molecule has 3 heteroatoms. The molecule has 21 heavy (non-hydrogen) atoms. The standard InChI is InChI=1S/C18H30N2O/c1-5-19-18(16-9-7-6-8-10-16)15(3)20-12-11-14(2)17(13-20)21-4/h6-10,14-15,17-19H,5,11-13H2,1-4H3. The van der Waals surface area contributed by atoms with Crippen LogP contribution in [-0.2, 0) is 4.74 Å². The maximum Gasteiger partial charge on any atom is 0.0724 e. The van der Waals surface area contributed by atoms with Crippen LogP contribution in [0.15, 0.2) is 30.3 Å². The average molecular weight is 290 g/mol. The summed E-state index contributed by atoms with van der Waals surface area (Å²) < 4.78 is 5.67. The van der Waals surface area contributed by atoms with Crippen LogP contribution in [0, 0.1) is 5.92 Å². The summed E-state index contributed by atoms with van der Waals surface area (Å²) in [6.07, 6.45) is 1.58. The number of ether oxygens (including phenoxy) is 1. The largest absolute Gasteiger partial charge is 0.380 e. The lowest BCUT2D eigenvalue weighted by molar-refractivity contribution is -0.0217. The minimum Gasteiger partial charge on any atom is -0.380 e. The second-order valence-corrected chi connectivity index (χ2v) is 6.22. The predicted octanol–water partition coefficient (Wildman–Crippen LogP) is 3.08. The van der Waals surface area contributed by atoms with Crippen LogP contribution in [0.4, 0.5) is 0 Å². The van der Waals surface area contributed by atoms with Gasteiger partial charge >= 0.3 is 0 Å². The summed E-state index contributed by atoms with van der Waals surface area (Å²) in [5, 5.41) is 3.66. The van der Waals surface area contributed by atoms with Crippen molar-refractivity contribution in [1.82, 2.24) is 10.2 Å². The van der Waals surface area contributed by atoms with E-state index in [1.165, 1.54) is 12.0 Å². The molecule has 0 amide bonds. The Morgan fingerprint density at radius 2 is 2.05 bits per heavy atom. The molecule has 1 aliphatic heterocycles. The van der Waals surface area contributed by atoms with Crippen molar-refractivity contribution in [3.63, 3.8) is 0 Å². The van der Waals surface area contributed by atoms with E-state index >= 15 is 0 Å². The Hall–Kier alpha value is -0.900. The number of nitrogens with zero attached hydrogens (tertiary/aromatic N) is 1. The van der Waals surface area contributed by atoms with Gasteiger partial charge in [0, 0.05) is 25.7 Å².